The average molecular weight is 330 g/mol. The first kappa shape index (κ1) is 15.6. The summed E-state index contributed by atoms with van der Waals surface area (Å²) in [5.74, 6) is -1.10. The fourth-order valence-electron chi connectivity index (χ4n) is 1.63. The zero-order valence-electron chi connectivity index (χ0n) is 11.3. The van der Waals surface area contributed by atoms with Gasteiger partial charge in [-0.15, -0.1) is 11.3 Å². The van der Waals surface area contributed by atoms with Gasteiger partial charge in [0.1, 0.15) is 16.4 Å². The van der Waals surface area contributed by atoms with E-state index >= 15 is 0 Å². The fourth-order valence-corrected chi connectivity index (χ4v) is 3.64. The number of hydrogen-bond donors (Lipinski definition) is 2. The van der Waals surface area contributed by atoms with Crippen molar-refractivity contribution in [3.8, 4) is 0 Å². The van der Waals surface area contributed by atoms with Crippen LogP contribution in [0, 0.1) is 6.92 Å². The predicted molar refractivity (Wildman–Crippen MR) is 75.5 cm³/mol. The first-order valence-corrected chi connectivity index (χ1v) is 8.27. The Morgan fingerprint density at radius 3 is 2.81 bits per heavy atom. The summed E-state index contributed by atoms with van der Waals surface area (Å²) in [6, 6.07) is -0.475. The molecule has 114 valence electrons. The molecule has 1 unspecified atom stereocenters. The van der Waals surface area contributed by atoms with Gasteiger partial charge in [-0.2, -0.15) is 5.10 Å². The second kappa shape index (κ2) is 5.92. The number of aliphatic carboxylic acids is 1. The first-order chi connectivity index (χ1) is 9.78. The first-order valence-electron chi connectivity index (χ1n) is 5.97. The lowest BCUT2D eigenvalue weighted by Crippen LogP contribution is -2.26. The van der Waals surface area contributed by atoms with E-state index in [1.54, 1.807) is 13.1 Å². The van der Waals surface area contributed by atoms with E-state index < -0.39 is 28.6 Å². The van der Waals surface area contributed by atoms with Crippen LogP contribution >= 0.6 is 11.3 Å². The van der Waals surface area contributed by atoms with Gasteiger partial charge in [0.2, 0.25) is 10.0 Å². The van der Waals surface area contributed by atoms with Crippen molar-refractivity contribution >= 4 is 27.3 Å². The summed E-state index contributed by atoms with van der Waals surface area (Å²) in [5, 5.41) is 13.0. The van der Waals surface area contributed by atoms with Gasteiger partial charge in [0.15, 0.2) is 0 Å². The van der Waals surface area contributed by atoms with Gasteiger partial charge in [-0.25, -0.2) is 18.1 Å². The molecule has 2 aromatic rings. The molecule has 0 fully saturated rings. The zero-order valence-corrected chi connectivity index (χ0v) is 13.0. The summed E-state index contributed by atoms with van der Waals surface area (Å²) in [6.45, 7) is 3.19. The average Bonchev–Trinajstić information content (AvgIpc) is 2.97. The van der Waals surface area contributed by atoms with E-state index in [-0.39, 0.29) is 4.90 Å². The molecule has 0 radical (unpaired) electrons. The number of aromatic nitrogens is 3. The molecule has 0 bridgehead atoms. The summed E-state index contributed by atoms with van der Waals surface area (Å²) >= 11 is 1.41. The standard InChI is InChI=1S/C11H14N4O4S2/c1-7-3-12-11(20-7)8(2)14-21(18,19)9-4-13-15(5-9)6-10(16)17/h3-5,8,14H,6H2,1-2H3,(H,16,17). The summed E-state index contributed by atoms with van der Waals surface area (Å²) in [6.07, 6.45) is 3.97. The van der Waals surface area contributed by atoms with Crippen molar-refractivity contribution in [1.29, 1.82) is 0 Å². The second-order valence-corrected chi connectivity index (χ2v) is 7.40. The highest BCUT2D eigenvalue weighted by Crippen LogP contribution is 2.21. The lowest BCUT2D eigenvalue weighted by atomic mass is 10.4. The van der Waals surface area contributed by atoms with Crippen LogP contribution in [-0.2, 0) is 21.4 Å². The van der Waals surface area contributed by atoms with Crippen molar-refractivity contribution in [3.63, 3.8) is 0 Å². The van der Waals surface area contributed by atoms with E-state index in [9.17, 15) is 13.2 Å². The molecule has 0 aliphatic carbocycles. The molecule has 2 rings (SSSR count). The Hall–Kier alpha value is -1.78. The Balaban J connectivity index is 2.14. The molecule has 0 spiro atoms. The molecule has 8 nitrogen and oxygen atoms in total. The third kappa shape index (κ3) is 3.86. The summed E-state index contributed by atoms with van der Waals surface area (Å²) in [4.78, 5) is 15.6. The Kier molecular flexibility index (Phi) is 4.40. The van der Waals surface area contributed by atoms with Crippen molar-refractivity contribution in [2.24, 2.45) is 0 Å². The largest absolute Gasteiger partial charge is 0.480 e. The van der Waals surface area contributed by atoms with Gasteiger partial charge in [-0.3, -0.25) is 9.48 Å². The number of nitrogens with one attached hydrogen (secondary N) is 1. The Labute approximate surface area is 125 Å². The summed E-state index contributed by atoms with van der Waals surface area (Å²) in [5.41, 5.74) is 0. The van der Waals surface area contributed by atoms with Crippen LogP contribution < -0.4 is 4.72 Å². The van der Waals surface area contributed by atoms with Gasteiger partial charge in [-0.05, 0) is 13.8 Å². The topological polar surface area (TPSA) is 114 Å². The van der Waals surface area contributed by atoms with Gasteiger partial charge in [0, 0.05) is 17.3 Å². The molecule has 21 heavy (non-hydrogen) atoms. The molecule has 10 heteroatoms. The van der Waals surface area contributed by atoms with Crippen molar-refractivity contribution < 1.29 is 18.3 Å². The highest BCUT2D eigenvalue weighted by molar-refractivity contribution is 7.89. The Bertz CT molecular complexity index is 750. The van der Waals surface area contributed by atoms with Crippen LogP contribution in [0.25, 0.3) is 0 Å². The van der Waals surface area contributed by atoms with Crippen molar-refractivity contribution in [2.75, 3.05) is 0 Å². The number of rotatable bonds is 6. The normalized spacial score (nSPS) is 13.2. The van der Waals surface area contributed by atoms with Gasteiger partial charge in [0.25, 0.3) is 0 Å². The predicted octanol–water partition coefficient (Wildman–Crippen LogP) is 0.772. The third-order valence-corrected chi connectivity index (χ3v) is 5.15. The van der Waals surface area contributed by atoms with Crippen LogP contribution in [0.5, 0.6) is 0 Å². The molecular weight excluding hydrogens is 316 g/mol. The number of carboxylic acids is 1. The third-order valence-electron chi connectivity index (χ3n) is 2.56. The number of carboxylic acid groups (broad SMARTS) is 1. The van der Waals surface area contributed by atoms with E-state index in [0.29, 0.717) is 5.01 Å². The molecule has 2 heterocycles. The number of thiazole rings is 1. The van der Waals surface area contributed by atoms with E-state index in [1.165, 1.54) is 17.5 Å². The highest BCUT2D eigenvalue weighted by Gasteiger charge is 2.22. The quantitative estimate of drug-likeness (QED) is 0.808. The number of carbonyl (C=O) groups is 1. The molecule has 0 aromatic carbocycles. The maximum absolute atomic E-state index is 12.2. The molecule has 0 amide bonds. The van der Waals surface area contributed by atoms with E-state index in [1.807, 2.05) is 6.92 Å². The molecule has 0 saturated carbocycles. The van der Waals surface area contributed by atoms with Crippen molar-refractivity contribution in [3.05, 3.63) is 28.5 Å². The van der Waals surface area contributed by atoms with Crippen LogP contribution in [0.15, 0.2) is 23.5 Å². The van der Waals surface area contributed by atoms with E-state index in [4.69, 9.17) is 5.11 Å². The molecule has 0 aliphatic rings. The maximum Gasteiger partial charge on any atom is 0.325 e. The van der Waals surface area contributed by atoms with E-state index in [2.05, 4.69) is 14.8 Å². The van der Waals surface area contributed by atoms with Gasteiger partial charge >= 0.3 is 5.97 Å². The molecule has 0 saturated heterocycles. The number of nitrogens with zero attached hydrogens (tertiary/aromatic N) is 3. The lowest BCUT2D eigenvalue weighted by Gasteiger charge is -2.10. The Morgan fingerprint density at radius 1 is 1.52 bits per heavy atom. The SMILES string of the molecule is Cc1cnc(C(C)NS(=O)(=O)c2cnn(CC(=O)O)c2)s1. The maximum atomic E-state index is 12.2. The number of sulfonamides is 1. The number of aryl methyl sites for hydroxylation is 1. The molecule has 2 aromatic heterocycles. The minimum atomic E-state index is -3.77. The van der Waals surface area contributed by atoms with Crippen LogP contribution in [0.4, 0.5) is 0 Å². The minimum absolute atomic E-state index is 0.0797. The smallest absolute Gasteiger partial charge is 0.325 e. The van der Waals surface area contributed by atoms with E-state index in [0.717, 1.165) is 15.8 Å². The van der Waals surface area contributed by atoms with Gasteiger partial charge in [0.05, 0.1) is 12.2 Å². The second-order valence-electron chi connectivity index (χ2n) is 4.42. The van der Waals surface area contributed by atoms with Crippen molar-refractivity contribution in [1.82, 2.24) is 19.5 Å². The summed E-state index contributed by atoms with van der Waals surface area (Å²) in [7, 11) is -3.77. The fraction of sp³-hybridized carbons (Fsp3) is 0.364. The molecule has 1 atom stereocenters. The van der Waals surface area contributed by atoms with Gasteiger partial charge in [-0.1, -0.05) is 0 Å². The number of hydrogen-bond acceptors (Lipinski definition) is 6. The minimum Gasteiger partial charge on any atom is -0.480 e. The van der Waals surface area contributed by atoms with Crippen molar-refractivity contribution in [2.45, 2.75) is 31.3 Å². The zero-order chi connectivity index (χ0) is 15.6. The molecule has 0 aliphatic heterocycles. The molecule has 2 N–H and O–H groups in total. The van der Waals surface area contributed by atoms with Crippen LogP contribution in [-0.4, -0.2) is 34.3 Å². The van der Waals surface area contributed by atoms with Crippen LogP contribution in [0.1, 0.15) is 22.9 Å². The summed E-state index contributed by atoms with van der Waals surface area (Å²) < 4.78 is 27.9. The lowest BCUT2D eigenvalue weighted by molar-refractivity contribution is -0.137. The van der Waals surface area contributed by atoms with Crippen LogP contribution in [0.3, 0.4) is 0 Å². The monoisotopic (exact) mass is 330 g/mol. The van der Waals surface area contributed by atoms with Gasteiger partial charge < -0.3 is 5.11 Å². The highest BCUT2D eigenvalue weighted by atomic mass is 32.2. The van der Waals surface area contributed by atoms with Crippen LogP contribution in [0.2, 0.25) is 0 Å². The Morgan fingerprint density at radius 2 is 2.24 bits per heavy atom. The molecular formula is C11H14N4O4S2.